The molecule has 0 heterocycles. The Morgan fingerprint density at radius 2 is 1.56 bits per heavy atom. The van der Waals surface area contributed by atoms with Crippen LogP contribution in [0.3, 0.4) is 0 Å². The van der Waals surface area contributed by atoms with Crippen molar-refractivity contribution in [1.29, 1.82) is 0 Å². The summed E-state index contributed by atoms with van der Waals surface area (Å²) in [6.07, 6.45) is 7.85. The first-order valence-corrected chi connectivity index (χ1v) is 14.3. The van der Waals surface area contributed by atoms with E-state index >= 15 is 0 Å². The fourth-order valence-corrected chi connectivity index (χ4v) is 6.96. The number of hydrogen-bond acceptors (Lipinski definition) is 6. The normalized spacial score (nSPS) is 26.2. The molecule has 4 fully saturated rings. The van der Waals surface area contributed by atoms with Gasteiger partial charge in [-0.3, -0.25) is 19.2 Å². The van der Waals surface area contributed by atoms with Gasteiger partial charge in [0.1, 0.15) is 12.1 Å². The molecule has 0 aromatic rings. The van der Waals surface area contributed by atoms with E-state index in [1.807, 2.05) is 0 Å². The van der Waals surface area contributed by atoms with Crippen molar-refractivity contribution in [2.45, 2.75) is 110 Å². The van der Waals surface area contributed by atoms with E-state index in [-0.39, 0.29) is 24.7 Å². The molecule has 216 valence electrons. The van der Waals surface area contributed by atoms with Gasteiger partial charge in [-0.25, -0.2) is 4.79 Å². The predicted molar refractivity (Wildman–Crippen MR) is 142 cm³/mol. The maximum atomic E-state index is 13.7. The third-order valence-corrected chi connectivity index (χ3v) is 8.27. The number of unbranched alkanes of at least 4 members (excludes halogenated alkanes) is 1. The first-order valence-electron chi connectivity index (χ1n) is 14.3. The molecule has 0 spiro atoms. The van der Waals surface area contributed by atoms with E-state index in [4.69, 9.17) is 10.3 Å². The van der Waals surface area contributed by atoms with E-state index < -0.39 is 41.3 Å². The highest BCUT2D eigenvalue weighted by Gasteiger charge is 2.55. The number of rotatable bonds is 15. The highest BCUT2D eigenvalue weighted by molar-refractivity contribution is 6.25. The van der Waals surface area contributed by atoms with Crippen molar-refractivity contribution in [1.82, 2.24) is 16.0 Å². The molecule has 2 atom stereocenters. The van der Waals surface area contributed by atoms with Crippen LogP contribution in [0.4, 0.5) is 0 Å². The average Bonchev–Trinajstić information content (AvgIpc) is 2.84. The molecule has 3 N–H and O–H groups in total. The second kappa shape index (κ2) is 13.8. The smallest absolute Gasteiger partial charge is 0.328 e. The molecule has 4 saturated carbocycles. The topological polar surface area (TPSA) is 167 Å². The van der Waals surface area contributed by atoms with Gasteiger partial charge < -0.3 is 26.2 Å². The summed E-state index contributed by atoms with van der Waals surface area (Å²) >= 11 is 0. The lowest BCUT2D eigenvalue weighted by atomic mass is 9.49. The highest BCUT2D eigenvalue weighted by atomic mass is 16.5. The molecule has 0 radical (unpaired) electrons. The minimum absolute atomic E-state index is 0.0413. The van der Waals surface area contributed by atoms with Gasteiger partial charge in [-0.05, 0) is 95.8 Å². The van der Waals surface area contributed by atoms with Crippen LogP contribution in [-0.4, -0.2) is 65.2 Å². The lowest BCUT2D eigenvalue weighted by molar-refractivity contribution is -0.152. The number of ketones is 1. The molecule has 0 saturated heterocycles. The Kier molecular flexibility index (Phi) is 10.8. The van der Waals surface area contributed by atoms with E-state index in [0.717, 1.165) is 25.5 Å². The second-order valence-corrected chi connectivity index (χ2v) is 12.0. The van der Waals surface area contributed by atoms with Crippen LogP contribution in [0.5, 0.6) is 0 Å². The minimum atomic E-state index is -1.10. The molecular weight excluding hydrogens is 502 g/mol. The number of nitrogens with zero attached hydrogens (tertiary/aromatic N) is 2. The quantitative estimate of drug-likeness (QED) is 0.0936. The van der Waals surface area contributed by atoms with Crippen molar-refractivity contribution in [3.63, 3.8) is 0 Å². The van der Waals surface area contributed by atoms with E-state index in [2.05, 4.69) is 20.7 Å². The maximum Gasteiger partial charge on any atom is 0.328 e. The first kappa shape index (κ1) is 30.5. The van der Waals surface area contributed by atoms with Gasteiger partial charge in [0.15, 0.2) is 0 Å². The van der Waals surface area contributed by atoms with E-state index in [0.29, 0.717) is 43.6 Å². The average molecular weight is 546 g/mol. The van der Waals surface area contributed by atoms with E-state index in [1.165, 1.54) is 26.2 Å². The molecular formula is C28H43N5O6. The van der Waals surface area contributed by atoms with Gasteiger partial charge in [-0.1, -0.05) is 0 Å². The van der Waals surface area contributed by atoms with Crippen LogP contribution in [-0.2, 0) is 28.7 Å². The number of carbonyl (C=O) groups is 5. The van der Waals surface area contributed by atoms with Gasteiger partial charge in [0, 0.05) is 25.3 Å². The van der Waals surface area contributed by atoms with Crippen LogP contribution >= 0.6 is 0 Å². The third kappa shape index (κ3) is 8.71. The zero-order chi connectivity index (χ0) is 28.6. The number of amides is 3. The van der Waals surface area contributed by atoms with Crippen molar-refractivity contribution in [3.05, 3.63) is 5.53 Å². The summed E-state index contributed by atoms with van der Waals surface area (Å²) < 4.78 is 5.29. The Bertz CT molecular complexity index is 954. The van der Waals surface area contributed by atoms with Crippen molar-refractivity contribution < 1.29 is 33.5 Å². The van der Waals surface area contributed by atoms with E-state index in [1.54, 1.807) is 13.8 Å². The van der Waals surface area contributed by atoms with Crippen LogP contribution in [0.1, 0.15) is 91.4 Å². The maximum absolute atomic E-state index is 13.7. The number of nitrogens with one attached hydrogen (secondary N) is 3. The Hall–Kier alpha value is -3.07. The summed E-state index contributed by atoms with van der Waals surface area (Å²) in [5, 5.41) is 8.47. The van der Waals surface area contributed by atoms with Gasteiger partial charge in [-0.15, -0.1) is 0 Å². The fourth-order valence-electron chi connectivity index (χ4n) is 6.96. The van der Waals surface area contributed by atoms with Crippen molar-refractivity contribution in [2.75, 3.05) is 6.54 Å². The van der Waals surface area contributed by atoms with E-state index in [9.17, 15) is 24.0 Å². The van der Waals surface area contributed by atoms with Crippen molar-refractivity contribution >= 4 is 35.7 Å². The standard InChI is InChI=1S/C28H43N5O6/c1-17(2)39-26(37)24(8-7-22(35)16-31-29)32-25(36)23(6-4-5-9-30-18(3)34)33-27(38)28-13-19-10-20(14-28)12-21(11-19)15-28/h16-17,19-21,23-24H,4-15H2,1-3H3,(H,30,34)(H,32,36)(H,33,38). The highest BCUT2D eigenvalue weighted by Crippen LogP contribution is 2.60. The largest absolute Gasteiger partial charge is 0.461 e. The fraction of sp³-hybridized carbons (Fsp3) is 0.786. The molecule has 4 aliphatic rings. The molecule has 4 rings (SSSR count). The van der Waals surface area contributed by atoms with Crippen LogP contribution < -0.4 is 16.0 Å². The number of ether oxygens (including phenoxy) is 1. The monoisotopic (exact) mass is 545 g/mol. The van der Waals surface area contributed by atoms with Crippen LogP contribution in [0.15, 0.2) is 0 Å². The molecule has 0 aliphatic heterocycles. The summed E-state index contributed by atoms with van der Waals surface area (Å²) in [5.41, 5.74) is 8.16. The van der Waals surface area contributed by atoms with Gasteiger partial charge in [0.2, 0.25) is 23.5 Å². The number of esters is 1. The number of Topliss-reactive ketones (excluding diaryl/α,β-unsaturated/α-hetero) is 1. The minimum Gasteiger partial charge on any atom is -0.461 e. The lowest BCUT2D eigenvalue weighted by Crippen LogP contribution is -2.58. The van der Waals surface area contributed by atoms with Crippen LogP contribution in [0.2, 0.25) is 0 Å². The molecule has 39 heavy (non-hydrogen) atoms. The van der Waals surface area contributed by atoms with Crippen LogP contribution in [0, 0.1) is 23.2 Å². The Morgan fingerprint density at radius 3 is 2.10 bits per heavy atom. The zero-order valence-electron chi connectivity index (χ0n) is 23.4. The molecule has 4 aliphatic carbocycles. The van der Waals surface area contributed by atoms with Gasteiger partial charge >= 0.3 is 12.2 Å². The molecule has 11 heteroatoms. The number of carbonyl (C=O) groups excluding carboxylic acids is 5. The molecule has 11 nitrogen and oxygen atoms in total. The third-order valence-electron chi connectivity index (χ3n) is 8.27. The summed E-state index contributed by atoms with van der Waals surface area (Å²) in [6, 6.07) is -1.97. The lowest BCUT2D eigenvalue weighted by Gasteiger charge is -2.55. The second-order valence-electron chi connectivity index (χ2n) is 12.0. The summed E-state index contributed by atoms with van der Waals surface area (Å²) in [7, 11) is 0. The SMILES string of the molecule is CC(=O)NCCCCC(NC(=O)C12CC3CC(CC(C3)C1)C2)C(=O)NC(CCC(=O)C=[N+]=[N-])C(=O)OC(C)C. The molecule has 0 aromatic heterocycles. The van der Waals surface area contributed by atoms with Gasteiger partial charge in [0.25, 0.3) is 0 Å². The Morgan fingerprint density at radius 1 is 0.949 bits per heavy atom. The van der Waals surface area contributed by atoms with Gasteiger partial charge in [0.05, 0.1) is 6.10 Å². The molecule has 2 unspecified atom stereocenters. The first-order chi connectivity index (χ1) is 18.5. The summed E-state index contributed by atoms with van der Waals surface area (Å²) in [6.45, 7) is 5.27. The molecule has 3 amide bonds. The van der Waals surface area contributed by atoms with Crippen molar-refractivity contribution in [2.24, 2.45) is 23.2 Å². The molecule has 4 bridgehead atoms. The molecule has 0 aromatic carbocycles. The van der Waals surface area contributed by atoms with Crippen molar-refractivity contribution in [3.8, 4) is 0 Å². The Balaban J connectivity index is 1.70. The van der Waals surface area contributed by atoms with Crippen LogP contribution in [0.25, 0.3) is 5.53 Å². The summed E-state index contributed by atoms with van der Waals surface area (Å²) in [5.74, 6) is -0.193. The Labute approximate surface area is 230 Å². The number of hydrogen-bond donors (Lipinski definition) is 3. The van der Waals surface area contributed by atoms with Gasteiger partial charge in [-0.2, -0.15) is 4.79 Å². The zero-order valence-corrected chi connectivity index (χ0v) is 23.4. The predicted octanol–water partition coefficient (Wildman–Crippen LogP) is 2.08. The summed E-state index contributed by atoms with van der Waals surface area (Å²) in [4.78, 5) is 65.7.